The topological polar surface area (TPSA) is 478 Å². The van der Waals surface area contributed by atoms with Gasteiger partial charge in [-0.05, 0) is 84.5 Å². The molecule has 0 heterocycles. The highest BCUT2D eigenvalue weighted by molar-refractivity contribution is 7.47. The second kappa shape index (κ2) is 29.4. The second-order valence-corrected chi connectivity index (χ2v) is 12.6. The van der Waals surface area contributed by atoms with Gasteiger partial charge in [-0.3, -0.25) is 18.1 Å². The van der Waals surface area contributed by atoms with Gasteiger partial charge < -0.3 is 55.4 Å². The van der Waals surface area contributed by atoms with E-state index in [1.54, 1.807) is 6.92 Å². The summed E-state index contributed by atoms with van der Waals surface area (Å²) in [6.45, 7) is -0.932. The number of hydrogen-bond acceptors (Lipinski definition) is 29. The number of rotatable bonds is 24. The molecule has 1 saturated carbocycles. The van der Waals surface area contributed by atoms with Gasteiger partial charge in [-0.2, -0.15) is 0 Å². The average Bonchev–Trinajstić information content (AvgIpc) is 3.14. The Hall–Kier alpha value is -3.81. The van der Waals surface area contributed by atoms with Gasteiger partial charge in [0.25, 0.3) is 0 Å². The molecule has 0 aliphatic heterocycles. The molecule has 0 bridgehead atoms. The van der Waals surface area contributed by atoms with Crippen molar-refractivity contribution in [1.82, 2.24) is 6.15 Å². The molecule has 0 aromatic carbocycles. The van der Waals surface area contributed by atoms with Crippen molar-refractivity contribution in [2.75, 3.05) is 13.2 Å². The van der Waals surface area contributed by atoms with Crippen LogP contribution in [0, 0.1) is 59.2 Å². The summed E-state index contributed by atoms with van der Waals surface area (Å²) in [5, 5.41) is 80.3. The SMILES string of the molecule is CC#CC#CC#CC#CC#CC(=O)OC[C@H](COP(=O)(O)OC1C(O)[C@H](O)[C@H](OP(=O)(O)O)C(OP(=O)(O)O)[C@@H]1O)OC(=O)OOOOOOOOOOOOOO.N.[HH].[HH].[HH].[HH].[HH].[HH].[HH].[HH].[HH].[HH].[HH].[HH].[HH].[HH].[HH].[HH].[HH].[HH].[HH].[HH].[HH].[HH].[HH].[HH]. The smallest absolute Gasteiger partial charge is 0.452 e. The fourth-order valence-corrected chi connectivity index (χ4v) is 5.28. The third-order valence-corrected chi connectivity index (χ3v) is 7.04. The summed E-state index contributed by atoms with van der Waals surface area (Å²) in [5.41, 5.74) is 0. The van der Waals surface area contributed by atoms with E-state index in [4.69, 9.17) is 19.8 Å². The third kappa shape index (κ3) is 26.1. The highest BCUT2D eigenvalue weighted by atomic mass is 31.2. The van der Waals surface area contributed by atoms with Crippen LogP contribution in [0.25, 0.3) is 0 Å². The highest BCUT2D eigenvalue weighted by Crippen LogP contribution is 2.51. The normalized spacial score (nSPS) is 21.2. The van der Waals surface area contributed by atoms with E-state index in [0.717, 1.165) is 0 Å². The minimum atomic E-state index is -5.73. The monoisotopic (exact) mass is 973 g/mol. The van der Waals surface area contributed by atoms with Crippen LogP contribution >= 0.6 is 23.5 Å². The third-order valence-electron chi connectivity index (χ3n) is 5.02. The van der Waals surface area contributed by atoms with Gasteiger partial charge in [0, 0.05) is 70.4 Å². The highest BCUT2D eigenvalue weighted by Gasteiger charge is 2.56. The molecular weight excluding hydrogens is 899 g/mol. The summed E-state index contributed by atoms with van der Waals surface area (Å²) in [7, 11) is -17.1. The molecule has 0 spiro atoms. The molecule has 0 aromatic heterocycles. The predicted molar refractivity (Wildman–Crippen MR) is 211 cm³/mol. The van der Waals surface area contributed by atoms with Crippen LogP contribution in [0.3, 0.4) is 0 Å². The van der Waals surface area contributed by atoms with Crippen molar-refractivity contribution in [2.45, 2.75) is 49.7 Å². The Morgan fingerprint density at radius 2 is 1.05 bits per heavy atom. The number of aliphatic hydroxyl groups is 3. The largest absolute Gasteiger partial charge is 0.543 e. The summed E-state index contributed by atoms with van der Waals surface area (Å²) in [6.07, 6.45) is -19.9. The number of ether oxygens (including phenoxy) is 2. The zero-order chi connectivity index (χ0) is 43.6. The summed E-state index contributed by atoms with van der Waals surface area (Å²) in [4.78, 5) is 74.7. The maximum absolute atomic E-state index is 12.8. The number of carbonyl (C=O) groups is 2. The van der Waals surface area contributed by atoms with Crippen LogP contribution < -0.4 is 6.15 Å². The van der Waals surface area contributed by atoms with Crippen LogP contribution in [-0.2, 0) is 111 Å². The van der Waals surface area contributed by atoms with E-state index >= 15 is 0 Å². The van der Waals surface area contributed by atoms with Crippen LogP contribution in [0.15, 0.2) is 0 Å². The molecular formula is C22H74NO33P3. The molecule has 59 heavy (non-hydrogen) atoms. The lowest BCUT2D eigenvalue weighted by Gasteiger charge is -2.44. The van der Waals surface area contributed by atoms with E-state index in [1.807, 2.05) is 11.8 Å². The number of aliphatic hydroxyl groups excluding tert-OH is 3. The Kier molecular flexibility index (Phi) is 27.5. The standard InChI is InChI=1S/C22H23O33P3.H3N.24H2/c1-2-3-4-5-6-7-8-9-10-11-15(23)37-12-14(39-22(27)40-45-47-49-51-53-55-54-52-50-48-46-44-28)13-38-58(35,36)43-19-16(24)17(25)20(41-56(29,30)31)21(18(19)26)42-57(32,33)34;;;;;;;;;;;;;;;;;;;;;;;;;/h14,16-21,24-26,28H,12-13H2,1H3,(H,35,36)(H2,29,30,31)(H2,32,33,34);1H3;24*1H/t14-,16?,17+,18-,19?,20+,21?;;;;;;;;;;;;;;;;;;;;;;;;;/m1........................./s1. The van der Waals surface area contributed by atoms with Crippen molar-refractivity contribution in [2.24, 2.45) is 0 Å². The van der Waals surface area contributed by atoms with Crippen molar-refractivity contribution < 1.29 is 195 Å². The lowest BCUT2D eigenvalue weighted by atomic mass is 9.85. The fourth-order valence-electron chi connectivity index (χ4n) is 3.18. The van der Waals surface area contributed by atoms with Crippen LogP contribution in [-0.4, -0.2) is 113 Å². The summed E-state index contributed by atoms with van der Waals surface area (Å²) < 4.78 is 62.4. The van der Waals surface area contributed by atoms with E-state index in [1.165, 1.54) is 0 Å². The van der Waals surface area contributed by atoms with E-state index in [2.05, 4.69) is 136 Å². The van der Waals surface area contributed by atoms with Crippen molar-refractivity contribution in [1.29, 1.82) is 0 Å². The molecule has 380 valence electrons. The maximum atomic E-state index is 12.8. The van der Waals surface area contributed by atoms with E-state index in [9.17, 15) is 53.3 Å². The summed E-state index contributed by atoms with van der Waals surface area (Å²) in [6, 6.07) is 0. The van der Waals surface area contributed by atoms with Gasteiger partial charge in [0.1, 0.15) is 43.2 Å². The van der Waals surface area contributed by atoms with Crippen LogP contribution in [0.2, 0.25) is 0 Å². The molecule has 8 atom stereocenters. The van der Waals surface area contributed by atoms with Gasteiger partial charge in [-0.15, -0.1) is 0 Å². The second-order valence-electron chi connectivity index (χ2n) is 8.80. The first-order chi connectivity index (χ1) is 27.3. The zero-order valence-electron chi connectivity index (χ0n) is 28.3. The molecule has 0 amide bonds. The van der Waals surface area contributed by atoms with E-state index < -0.39 is 91.5 Å². The first-order valence-corrected chi connectivity index (χ1v) is 18.1. The molecule has 12 N–H and O–H groups in total. The van der Waals surface area contributed by atoms with Gasteiger partial charge in [-0.25, -0.2) is 33.4 Å². The Morgan fingerprint density at radius 1 is 0.610 bits per heavy atom. The van der Waals surface area contributed by atoms with Crippen LogP contribution in [0.4, 0.5) is 4.79 Å². The Bertz CT molecular complexity index is 1850. The molecule has 0 saturated heterocycles. The fraction of sp³-hybridized carbons (Fsp3) is 0.455. The first-order valence-electron chi connectivity index (χ1n) is 13.6. The van der Waals surface area contributed by atoms with Gasteiger partial charge in [0.15, 0.2) is 6.10 Å². The number of phosphoric acid groups is 3. The number of hydrogen-bond donors (Lipinski definition) is 10. The molecule has 1 aliphatic rings. The predicted octanol–water partition coefficient (Wildman–Crippen LogP) is 2.36. The van der Waals surface area contributed by atoms with Crippen molar-refractivity contribution >= 4 is 35.6 Å². The minimum absolute atomic E-state index is 0. The average molecular weight is 974 g/mol. The van der Waals surface area contributed by atoms with Crippen molar-refractivity contribution in [3.8, 4) is 59.2 Å². The molecule has 1 aliphatic carbocycles. The molecule has 1 fully saturated rings. The number of carbonyl (C=O) groups excluding carboxylic acids is 2. The number of phosphoric ester groups is 3. The molecule has 37 heteroatoms. The van der Waals surface area contributed by atoms with Crippen molar-refractivity contribution in [3.63, 3.8) is 0 Å². The Labute approximate surface area is 361 Å². The van der Waals surface area contributed by atoms with Gasteiger partial charge in [-0.1, -0.05) is 5.92 Å². The van der Waals surface area contributed by atoms with Gasteiger partial charge >= 0.3 is 35.6 Å². The Morgan fingerprint density at radius 3 is 1.54 bits per heavy atom. The van der Waals surface area contributed by atoms with E-state index in [-0.39, 0.29) is 40.4 Å². The molecule has 4 unspecified atom stereocenters. The molecule has 1 rings (SSSR count). The minimum Gasteiger partial charge on any atom is -0.452 e. The zero-order valence-corrected chi connectivity index (χ0v) is 31.0. The quantitative estimate of drug-likeness (QED) is 0.0126. The van der Waals surface area contributed by atoms with E-state index in [0.29, 0.717) is 0 Å². The summed E-state index contributed by atoms with van der Waals surface area (Å²) in [5.74, 6) is 21.0. The number of esters is 1. The molecule has 0 aromatic rings. The Balaban J connectivity index is -0.0000000585. The lowest BCUT2D eigenvalue weighted by Crippen LogP contribution is -2.65. The van der Waals surface area contributed by atoms with Crippen molar-refractivity contribution in [3.05, 3.63) is 0 Å². The van der Waals surface area contributed by atoms with Crippen LogP contribution in [0.1, 0.15) is 41.2 Å². The first kappa shape index (κ1) is 55.2. The van der Waals surface area contributed by atoms with Gasteiger partial charge in [0.2, 0.25) is 0 Å². The van der Waals surface area contributed by atoms with Gasteiger partial charge in [0.05, 0.1) is 6.61 Å². The molecule has 34 nitrogen and oxygen atoms in total. The summed E-state index contributed by atoms with van der Waals surface area (Å²) >= 11 is 0. The lowest BCUT2D eigenvalue weighted by molar-refractivity contribution is -0.874. The molecule has 0 radical (unpaired) electrons. The maximum Gasteiger partial charge on any atom is 0.543 e. The van der Waals surface area contributed by atoms with Crippen LogP contribution in [0.5, 0.6) is 0 Å².